The Bertz CT molecular complexity index is 1030. The summed E-state index contributed by atoms with van der Waals surface area (Å²) in [5, 5.41) is 6.53. The molecule has 3 aromatic rings. The molecule has 1 fully saturated rings. The van der Waals surface area contributed by atoms with Gasteiger partial charge in [-0.05, 0) is 31.0 Å². The molecule has 1 amide bonds. The van der Waals surface area contributed by atoms with Gasteiger partial charge in [0, 0.05) is 44.3 Å². The third kappa shape index (κ3) is 4.61. The van der Waals surface area contributed by atoms with E-state index < -0.39 is 5.92 Å². The van der Waals surface area contributed by atoms with Crippen LogP contribution in [0.3, 0.4) is 0 Å². The molecule has 1 aliphatic rings. The highest BCUT2D eigenvalue weighted by Gasteiger charge is 2.35. The molecule has 0 radical (unpaired) electrons. The van der Waals surface area contributed by atoms with Gasteiger partial charge >= 0.3 is 0 Å². The Morgan fingerprint density at radius 1 is 1.21 bits per heavy atom. The lowest BCUT2D eigenvalue weighted by Gasteiger charge is -2.28. The number of pyridine rings is 1. The van der Waals surface area contributed by atoms with Crippen LogP contribution in [0.1, 0.15) is 36.2 Å². The van der Waals surface area contributed by atoms with Crippen molar-refractivity contribution in [1.82, 2.24) is 15.3 Å². The van der Waals surface area contributed by atoms with E-state index in [9.17, 15) is 13.6 Å². The Labute approximate surface area is 170 Å². The van der Waals surface area contributed by atoms with Crippen LogP contribution in [0.25, 0.3) is 10.2 Å². The summed E-state index contributed by atoms with van der Waals surface area (Å²) in [4.78, 5) is 20.3. The molecular formula is C20H20F2N4O2S. The van der Waals surface area contributed by atoms with Gasteiger partial charge in [-0.3, -0.25) is 9.78 Å². The van der Waals surface area contributed by atoms with Gasteiger partial charge in [0.2, 0.25) is 5.92 Å². The molecule has 4 rings (SSSR count). The SMILES string of the molecule is CNC(=O)c1cc(Oc2ccc3nc(NC4CCC(F)(F)CC4)sc3c2)ccn1. The molecule has 0 aliphatic heterocycles. The molecule has 0 saturated heterocycles. The van der Waals surface area contributed by atoms with E-state index in [0.29, 0.717) is 24.3 Å². The number of nitrogens with one attached hydrogen (secondary N) is 2. The van der Waals surface area contributed by atoms with Crippen molar-refractivity contribution < 1.29 is 18.3 Å². The van der Waals surface area contributed by atoms with Gasteiger partial charge in [-0.25, -0.2) is 13.8 Å². The van der Waals surface area contributed by atoms with E-state index >= 15 is 0 Å². The number of carbonyl (C=O) groups is 1. The summed E-state index contributed by atoms with van der Waals surface area (Å²) in [7, 11) is 1.54. The Morgan fingerprint density at radius 2 is 1.97 bits per heavy atom. The molecule has 2 aromatic heterocycles. The minimum Gasteiger partial charge on any atom is -0.457 e. The molecule has 1 aromatic carbocycles. The van der Waals surface area contributed by atoms with Crippen LogP contribution in [0, 0.1) is 0 Å². The molecule has 2 N–H and O–H groups in total. The van der Waals surface area contributed by atoms with Crippen molar-refractivity contribution in [3.8, 4) is 11.5 Å². The predicted molar refractivity (Wildman–Crippen MR) is 108 cm³/mol. The number of hydrogen-bond acceptors (Lipinski definition) is 6. The van der Waals surface area contributed by atoms with Crippen molar-refractivity contribution in [1.29, 1.82) is 0 Å². The summed E-state index contributed by atoms with van der Waals surface area (Å²) in [6.45, 7) is 0. The van der Waals surface area contributed by atoms with Gasteiger partial charge in [-0.1, -0.05) is 11.3 Å². The van der Waals surface area contributed by atoms with Crippen LogP contribution in [-0.4, -0.2) is 34.9 Å². The summed E-state index contributed by atoms with van der Waals surface area (Å²) >= 11 is 1.46. The fraction of sp³-hybridized carbons (Fsp3) is 0.350. The first-order chi connectivity index (χ1) is 13.9. The maximum atomic E-state index is 13.3. The van der Waals surface area contributed by atoms with E-state index in [-0.39, 0.29) is 30.5 Å². The van der Waals surface area contributed by atoms with E-state index in [1.807, 2.05) is 12.1 Å². The second kappa shape index (κ2) is 7.90. The van der Waals surface area contributed by atoms with Gasteiger partial charge in [-0.15, -0.1) is 0 Å². The number of aromatic nitrogens is 2. The third-order valence-corrected chi connectivity index (χ3v) is 5.78. The highest BCUT2D eigenvalue weighted by atomic mass is 32.1. The van der Waals surface area contributed by atoms with Crippen LogP contribution in [0.4, 0.5) is 13.9 Å². The van der Waals surface area contributed by atoms with Gasteiger partial charge in [-0.2, -0.15) is 0 Å². The van der Waals surface area contributed by atoms with Gasteiger partial charge < -0.3 is 15.4 Å². The summed E-state index contributed by atoms with van der Waals surface area (Å²) in [6.07, 6.45) is 2.22. The third-order valence-electron chi connectivity index (χ3n) is 4.83. The monoisotopic (exact) mass is 418 g/mol. The molecule has 0 atom stereocenters. The Kier molecular flexibility index (Phi) is 5.31. The lowest BCUT2D eigenvalue weighted by Crippen LogP contribution is -2.31. The molecule has 2 heterocycles. The number of nitrogens with zero attached hydrogens (tertiary/aromatic N) is 2. The lowest BCUT2D eigenvalue weighted by molar-refractivity contribution is -0.0360. The van der Waals surface area contributed by atoms with Crippen LogP contribution >= 0.6 is 11.3 Å². The van der Waals surface area contributed by atoms with Gasteiger partial charge in [0.05, 0.1) is 10.2 Å². The molecule has 1 saturated carbocycles. The maximum absolute atomic E-state index is 13.3. The van der Waals surface area contributed by atoms with Gasteiger partial charge in [0.1, 0.15) is 17.2 Å². The second-order valence-electron chi connectivity index (χ2n) is 6.98. The molecular weight excluding hydrogens is 398 g/mol. The fourth-order valence-electron chi connectivity index (χ4n) is 3.25. The summed E-state index contributed by atoms with van der Waals surface area (Å²) in [6, 6.07) is 8.78. The summed E-state index contributed by atoms with van der Waals surface area (Å²) < 4.78 is 33.4. The van der Waals surface area contributed by atoms with Crippen molar-refractivity contribution in [3.63, 3.8) is 0 Å². The number of fused-ring (bicyclic) bond motifs is 1. The fourth-order valence-corrected chi connectivity index (χ4v) is 4.22. The van der Waals surface area contributed by atoms with Crippen LogP contribution in [0.5, 0.6) is 11.5 Å². The Morgan fingerprint density at radius 3 is 2.72 bits per heavy atom. The smallest absolute Gasteiger partial charge is 0.269 e. The zero-order valence-corrected chi connectivity index (χ0v) is 16.6. The van der Waals surface area contributed by atoms with Gasteiger partial charge in [0.15, 0.2) is 5.13 Å². The van der Waals surface area contributed by atoms with Gasteiger partial charge in [0.25, 0.3) is 5.91 Å². The molecule has 0 spiro atoms. The standard InChI is InChI=1S/C20H20F2N4O2S/c1-23-18(27)16-10-14(6-9-24-16)28-13-2-3-15-17(11-13)29-19(26-15)25-12-4-7-20(21,22)8-5-12/h2-3,6,9-12H,4-5,7-8H2,1H3,(H,23,27)(H,25,26). The topological polar surface area (TPSA) is 76.1 Å². The largest absolute Gasteiger partial charge is 0.457 e. The second-order valence-corrected chi connectivity index (χ2v) is 8.01. The van der Waals surface area contributed by atoms with Crippen LogP contribution in [0.2, 0.25) is 0 Å². The van der Waals surface area contributed by atoms with Crippen LogP contribution < -0.4 is 15.4 Å². The molecule has 1 aliphatic carbocycles. The Balaban J connectivity index is 1.47. The highest BCUT2D eigenvalue weighted by Crippen LogP contribution is 2.36. The average Bonchev–Trinajstić information content (AvgIpc) is 3.11. The minimum atomic E-state index is -2.54. The number of ether oxygens (including phenoxy) is 1. The first-order valence-corrected chi connectivity index (χ1v) is 10.1. The number of halogens is 2. The number of carbonyl (C=O) groups excluding carboxylic acids is 1. The number of rotatable bonds is 5. The van der Waals surface area contributed by atoms with Crippen molar-refractivity contribution in [2.45, 2.75) is 37.6 Å². The van der Waals surface area contributed by atoms with Crippen molar-refractivity contribution >= 4 is 32.6 Å². The lowest BCUT2D eigenvalue weighted by atomic mass is 9.92. The molecule has 152 valence electrons. The number of thiazole rings is 1. The predicted octanol–water partition coefficient (Wildman–Crippen LogP) is 4.83. The first kappa shape index (κ1) is 19.5. The van der Waals surface area contributed by atoms with E-state index in [1.165, 1.54) is 17.5 Å². The first-order valence-electron chi connectivity index (χ1n) is 9.33. The normalized spacial score (nSPS) is 16.5. The zero-order valence-electron chi connectivity index (χ0n) is 15.7. The number of hydrogen-bond donors (Lipinski definition) is 2. The number of alkyl halides is 2. The van der Waals surface area contributed by atoms with Crippen LogP contribution in [-0.2, 0) is 0 Å². The van der Waals surface area contributed by atoms with Crippen LogP contribution in [0.15, 0.2) is 36.5 Å². The maximum Gasteiger partial charge on any atom is 0.269 e. The van der Waals surface area contributed by atoms with E-state index in [0.717, 1.165) is 15.3 Å². The molecule has 6 nitrogen and oxygen atoms in total. The average molecular weight is 418 g/mol. The number of benzene rings is 1. The van der Waals surface area contributed by atoms with Crippen molar-refractivity contribution in [3.05, 3.63) is 42.2 Å². The molecule has 9 heteroatoms. The highest BCUT2D eigenvalue weighted by molar-refractivity contribution is 7.22. The van der Waals surface area contributed by atoms with E-state index in [2.05, 4.69) is 20.6 Å². The molecule has 29 heavy (non-hydrogen) atoms. The minimum absolute atomic E-state index is 0.0193. The number of anilines is 1. The number of amides is 1. The van der Waals surface area contributed by atoms with E-state index in [4.69, 9.17) is 4.74 Å². The summed E-state index contributed by atoms with van der Waals surface area (Å²) in [5.41, 5.74) is 1.08. The Hall–Kier alpha value is -2.81. The van der Waals surface area contributed by atoms with Crippen molar-refractivity contribution in [2.75, 3.05) is 12.4 Å². The van der Waals surface area contributed by atoms with Crippen molar-refractivity contribution in [2.24, 2.45) is 0 Å². The summed E-state index contributed by atoms with van der Waals surface area (Å²) in [5.74, 6) is -1.71. The molecule has 0 bridgehead atoms. The quantitative estimate of drug-likeness (QED) is 0.621. The molecule has 0 unspecified atom stereocenters. The zero-order chi connectivity index (χ0) is 20.4. The van der Waals surface area contributed by atoms with E-state index in [1.54, 1.807) is 25.2 Å².